The van der Waals surface area contributed by atoms with Crippen molar-refractivity contribution in [3.8, 4) is 0 Å². The third-order valence-electron chi connectivity index (χ3n) is 2.92. The van der Waals surface area contributed by atoms with Gasteiger partial charge in [0.05, 0.1) is 18.0 Å². The highest BCUT2D eigenvalue weighted by Crippen LogP contribution is 2.15. The number of halogens is 1. The van der Waals surface area contributed by atoms with E-state index in [9.17, 15) is 9.50 Å². The Labute approximate surface area is 102 Å². The molecule has 0 saturated heterocycles. The van der Waals surface area contributed by atoms with Gasteiger partial charge in [0, 0.05) is 12.6 Å². The molecule has 0 spiro atoms. The number of aliphatic hydroxyl groups is 1. The summed E-state index contributed by atoms with van der Waals surface area (Å²) in [6.45, 7) is 8.14. The molecule has 1 atom stereocenters. The molecule has 0 saturated carbocycles. The molecule has 96 valence electrons. The first kappa shape index (κ1) is 14.1. The van der Waals surface area contributed by atoms with Gasteiger partial charge in [-0.25, -0.2) is 4.39 Å². The van der Waals surface area contributed by atoms with Gasteiger partial charge in [-0.15, -0.1) is 0 Å². The van der Waals surface area contributed by atoms with E-state index in [1.54, 1.807) is 0 Å². The Kier molecular flexibility index (Phi) is 5.51. The Morgan fingerprint density at radius 1 is 1.41 bits per heavy atom. The topological polar surface area (TPSA) is 36.4 Å². The molecule has 0 aliphatic rings. The predicted molar refractivity (Wildman–Crippen MR) is 66.2 cm³/mol. The molecule has 0 radical (unpaired) electrons. The summed E-state index contributed by atoms with van der Waals surface area (Å²) >= 11 is 0. The van der Waals surface area contributed by atoms with Crippen molar-refractivity contribution < 1.29 is 9.50 Å². The monoisotopic (exact) mass is 240 g/mol. The molecular weight excluding hydrogens is 219 g/mol. The second-order valence-corrected chi connectivity index (χ2v) is 4.43. The molecule has 0 aliphatic heterocycles. The van der Waals surface area contributed by atoms with E-state index >= 15 is 0 Å². The van der Waals surface area contributed by atoms with Gasteiger partial charge in [0.2, 0.25) is 0 Å². The number of nitrogens with zero attached hydrogens (tertiary/aromatic N) is 2. The van der Waals surface area contributed by atoms with Crippen LogP contribution in [0.1, 0.15) is 39.0 Å². The molecule has 1 aromatic heterocycles. The molecule has 3 nitrogen and oxygen atoms in total. The summed E-state index contributed by atoms with van der Waals surface area (Å²) in [4.78, 5) is 6.15. The summed E-state index contributed by atoms with van der Waals surface area (Å²) in [5.41, 5.74) is 0.534. The Hall–Kier alpha value is -1.00. The van der Waals surface area contributed by atoms with Crippen LogP contribution in [0.2, 0.25) is 0 Å². The normalized spacial score (nSPS) is 13.4. The molecule has 1 N–H and O–H groups in total. The fourth-order valence-corrected chi connectivity index (χ4v) is 1.80. The van der Waals surface area contributed by atoms with Gasteiger partial charge in [0.25, 0.3) is 0 Å². The van der Waals surface area contributed by atoms with Gasteiger partial charge in [0.15, 0.2) is 0 Å². The van der Waals surface area contributed by atoms with Crippen molar-refractivity contribution in [2.75, 3.05) is 13.1 Å². The number of hydrogen-bond acceptors (Lipinski definition) is 3. The average Bonchev–Trinajstić information content (AvgIpc) is 2.30. The van der Waals surface area contributed by atoms with Gasteiger partial charge in [0.1, 0.15) is 5.82 Å². The Balaban J connectivity index is 2.49. The van der Waals surface area contributed by atoms with Crippen molar-refractivity contribution in [1.82, 2.24) is 9.88 Å². The molecule has 0 fully saturated rings. The highest BCUT2D eigenvalue weighted by Gasteiger charge is 2.13. The number of pyridine rings is 1. The van der Waals surface area contributed by atoms with Crippen LogP contribution in [0.5, 0.6) is 0 Å². The lowest BCUT2D eigenvalue weighted by atomic mass is 10.1. The molecular formula is C13H21FN2O. The molecule has 1 rings (SSSR count). The van der Waals surface area contributed by atoms with Crippen LogP contribution < -0.4 is 0 Å². The van der Waals surface area contributed by atoms with Crippen molar-refractivity contribution in [3.05, 3.63) is 29.8 Å². The summed E-state index contributed by atoms with van der Waals surface area (Å²) in [5, 5.41) is 9.93. The maximum absolute atomic E-state index is 12.7. The minimum Gasteiger partial charge on any atom is -0.387 e. The molecule has 1 unspecified atom stereocenters. The Morgan fingerprint density at radius 2 is 2.12 bits per heavy atom. The molecule has 0 aliphatic carbocycles. The smallest absolute Gasteiger partial charge is 0.141 e. The van der Waals surface area contributed by atoms with Crippen LogP contribution in [-0.2, 0) is 0 Å². The van der Waals surface area contributed by atoms with Gasteiger partial charge in [-0.05, 0) is 38.9 Å². The summed E-state index contributed by atoms with van der Waals surface area (Å²) in [6, 6.07) is 3.32. The predicted octanol–water partition coefficient (Wildman–Crippen LogP) is 2.37. The maximum Gasteiger partial charge on any atom is 0.141 e. The van der Waals surface area contributed by atoms with Crippen molar-refractivity contribution in [2.24, 2.45) is 0 Å². The van der Waals surface area contributed by atoms with Crippen molar-refractivity contribution in [1.29, 1.82) is 0 Å². The number of rotatable bonds is 6. The minimum atomic E-state index is -0.622. The SMILES string of the molecule is CCN(CCC(O)c1ccc(F)cn1)C(C)C. The highest BCUT2D eigenvalue weighted by molar-refractivity contribution is 5.07. The quantitative estimate of drug-likeness (QED) is 0.829. The largest absolute Gasteiger partial charge is 0.387 e. The van der Waals surface area contributed by atoms with Gasteiger partial charge in [-0.1, -0.05) is 6.92 Å². The first-order valence-corrected chi connectivity index (χ1v) is 6.08. The zero-order chi connectivity index (χ0) is 12.8. The van der Waals surface area contributed by atoms with E-state index in [0.717, 1.165) is 19.3 Å². The molecule has 1 heterocycles. The first-order chi connectivity index (χ1) is 8.04. The molecule has 1 aromatic rings. The summed E-state index contributed by atoms with van der Waals surface area (Å²) in [5.74, 6) is -0.377. The molecule has 0 bridgehead atoms. The number of aromatic nitrogens is 1. The van der Waals surface area contributed by atoms with Crippen LogP contribution in [0.4, 0.5) is 4.39 Å². The Morgan fingerprint density at radius 3 is 2.59 bits per heavy atom. The highest BCUT2D eigenvalue weighted by atomic mass is 19.1. The van der Waals surface area contributed by atoms with Crippen LogP contribution in [0, 0.1) is 5.82 Å². The fraction of sp³-hybridized carbons (Fsp3) is 0.615. The third kappa shape index (κ3) is 4.40. The standard InChI is InChI=1S/C13H21FN2O/c1-4-16(10(2)3)8-7-13(17)12-6-5-11(14)9-15-12/h5-6,9-10,13,17H,4,7-8H2,1-3H3. The molecule has 0 amide bonds. The van der Waals surface area contributed by atoms with E-state index < -0.39 is 6.10 Å². The van der Waals surface area contributed by atoms with Gasteiger partial charge < -0.3 is 10.0 Å². The summed E-state index contributed by atoms with van der Waals surface area (Å²) < 4.78 is 12.7. The lowest BCUT2D eigenvalue weighted by Crippen LogP contribution is -2.32. The van der Waals surface area contributed by atoms with Crippen LogP contribution in [-0.4, -0.2) is 34.1 Å². The van der Waals surface area contributed by atoms with Gasteiger partial charge in [-0.2, -0.15) is 0 Å². The molecule has 17 heavy (non-hydrogen) atoms. The molecule has 4 heteroatoms. The summed E-state index contributed by atoms with van der Waals surface area (Å²) in [7, 11) is 0. The van der Waals surface area contributed by atoms with Crippen LogP contribution >= 0.6 is 0 Å². The average molecular weight is 240 g/mol. The number of aliphatic hydroxyl groups excluding tert-OH is 1. The van der Waals surface area contributed by atoms with Crippen molar-refractivity contribution in [3.63, 3.8) is 0 Å². The van der Waals surface area contributed by atoms with Gasteiger partial charge >= 0.3 is 0 Å². The van der Waals surface area contributed by atoms with Crippen LogP contribution in [0.3, 0.4) is 0 Å². The second kappa shape index (κ2) is 6.67. The second-order valence-electron chi connectivity index (χ2n) is 4.43. The van der Waals surface area contributed by atoms with Gasteiger partial charge in [-0.3, -0.25) is 4.98 Å². The van der Waals surface area contributed by atoms with Crippen molar-refractivity contribution in [2.45, 2.75) is 39.3 Å². The summed E-state index contributed by atoms with van der Waals surface area (Å²) in [6.07, 6.45) is 1.13. The first-order valence-electron chi connectivity index (χ1n) is 6.08. The minimum absolute atomic E-state index is 0.377. The fourth-order valence-electron chi connectivity index (χ4n) is 1.80. The van der Waals surface area contributed by atoms with E-state index in [1.165, 1.54) is 12.1 Å². The van der Waals surface area contributed by atoms with E-state index in [4.69, 9.17) is 0 Å². The van der Waals surface area contributed by atoms with Crippen molar-refractivity contribution >= 4 is 0 Å². The third-order valence-corrected chi connectivity index (χ3v) is 2.92. The zero-order valence-electron chi connectivity index (χ0n) is 10.7. The number of hydrogen-bond donors (Lipinski definition) is 1. The zero-order valence-corrected chi connectivity index (χ0v) is 10.7. The van der Waals surface area contributed by atoms with Crippen LogP contribution in [0.25, 0.3) is 0 Å². The van der Waals surface area contributed by atoms with Crippen LogP contribution in [0.15, 0.2) is 18.3 Å². The van der Waals surface area contributed by atoms with E-state index in [0.29, 0.717) is 18.2 Å². The lowest BCUT2D eigenvalue weighted by molar-refractivity contribution is 0.129. The molecule has 0 aromatic carbocycles. The maximum atomic E-state index is 12.7. The van der Waals surface area contributed by atoms with E-state index in [2.05, 4.69) is 30.7 Å². The van der Waals surface area contributed by atoms with E-state index in [1.807, 2.05) is 0 Å². The van der Waals surface area contributed by atoms with E-state index in [-0.39, 0.29) is 5.82 Å². The Bertz CT molecular complexity index is 327. The lowest BCUT2D eigenvalue weighted by Gasteiger charge is -2.25.